The molecule has 1 heterocycles. The maximum absolute atomic E-state index is 6.01. The van der Waals surface area contributed by atoms with Gasteiger partial charge in [-0.3, -0.25) is 0 Å². The molecule has 0 spiro atoms. The lowest BCUT2D eigenvalue weighted by atomic mass is 10.1. The molecule has 0 amide bonds. The van der Waals surface area contributed by atoms with Gasteiger partial charge >= 0.3 is 0 Å². The molecule has 34 heavy (non-hydrogen) atoms. The molecule has 2 aromatic carbocycles. The number of methoxy groups -OCH3 is 1. The van der Waals surface area contributed by atoms with Gasteiger partial charge in [0.25, 0.3) is 0 Å². The number of hydrogen-bond acceptors (Lipinski definition) is 4. The Bertz CT molecular complexity index is 1040. The highest BCUT2D eigenvalue weighted by atomic mass is 16.5. The maximum atomic E-state index is 6.01. The second kappa shape index (κ2) is 14.3. The van der Waals surface area contributed by atoms with Crippen molar-refractivity contribution in [1.82, 2.24) is 4.98 Å². The summed E-state index contributed by atoms with van der Waals surface area (Å²) in [6.45, 7) is 5.56. The Balaban J connectivity index is 1.58. The molecule has 0 aliphatic heterocycles. The molecule has 0 atom stereocenters. The second-order valence-electron chi connectivity index (χ2n) is 8.56. The zero-order valence-electron chi connectivity index (χ0n) is 21.0. The minimum absolute atomic E-state index is 0.597. The van der Waals surface area contributed by atoms with Gasteiger partial charge in [0.1, 0.15) is 11.4 Å². The fourth-order valence-corrected chi connectivity index (χ4v) is 4.00. The molecule has 0 saturated heterocycles. The van der Waals surface area contributed by atoms with Crippen LogP contribution in [0.15, 0.2) is 48.5 Å². The zero-order chi connectivity index (χ0) is 24.0. The molecule has 182 valence electrons. The van der Waals surface area contributed by atoms with Crippen molar-refractivity contribution in [3.63, 3.8) is 0 Å². The van der Waals surface area contributed by atoms with Gasteiger partial charge in [-0.2, -0.15) is 0 Å². The fraction of sp³-hybridized carbons (Fsp3) is 0.433. The van der Waals surface area contributed by atoms with Crippen LogP contribution in [0, 0.1) is 0 Å². The summed E-state index contributed by atoms with van der Waals surface area (Å²) in [5.74, 6) is 2.33. The number of unbranched alkanes of at least 4 members (excludes halogenated alkanes) is 7. The number of pyridine rings is 1. The van der Waals surface area contributed by atoms with E-state index in [-0.39, 0.29) is 0 Å². The van der Waals surface area contributed by atoms with Gasteiger partial charge < -0.3 is 14.2 Å². The molecule has 0 fully saturated rings. The Morgan fingerprint density at radius 1 is 0.735 bits per heavy atom. The van der Waals surface area contributed by atoms with Crippen LogP contribution in [-0.2, 0) is 0 Å². The standard InChI is InChI=1S/C30H39NO3/c1-4-6-7-8-9-10-11-14-21-34-28-20-18-24(22-30(28)32-3)17-19-27-29(33-5-2)23-25-15-12-13-16-26(25)31-27/h12-13,15-20,22-23H,4-11,14,21H2,1-3H3/b19-17+. The van der Waals surface area contributed by atoms with E-state index in [0.29, 0.717) is 6.61 Å². The first-order chi connectivity index (χ1) is 16.7. The largest absolute Gasteiger partial charge is 0.493 e. The van der Waals surface area contributed by atoms with Gasteiger partial charge in [0.15, 0.2) is 11.5 Å². The minimum atomic E-state index is 0.597. The van der Waals surface area contributed by atoms with E-state index in [2.05, 4.69) is 13.0 Å². The number of ether oxygens (including phenoxy) is 3. The number of para-hydroxylation sites is 1. The van der Waals surface area contributed by atoms with E-state index < -0.39 is 0 Å². The van der Waals surface area contributed by atoms with Gasteiger partial charge in [-0.15, -0.1) is 0 Å². The Morgan fingerprint density at radius 3 is 2.26 bits per heavy atom. The van der Waals surface area contributed by atoms with Crippen molar-refractivity contribution >= 4 is 23.1 Å². The van der Waals surface area contributed by atoms with Gasteiger partial charge in [-0.05, 0) is 49.2 Å². The quantitative estimate of drug-likeness (QED) is 0.213. The molecule has 1 aromatic heterocycles. The zero-order valence-corrected chi connectivity index (χ0v) is 21.0. The molecule has 0 unspecified atom stereocenters. The predicted octanol–water partition coefficient (Wildman–Crippen LogP) is 8.33. The highest BCUT2D eigenvalue weighted by Crippen LogP contribution is 2.30. The van der Waals surface area contributed by atoms with E-state index in [1.54, 1.807) is 7.11 Å². The second-order valence-corrected chi connectivity index (χ2v) is 8.56. The molecule has 0 aliphatic rings. The summed E-state index contributed by atoms with van der Waals surface area (Å²) in [4.78, 5) is 4.79. The fourth-order valence-electron chi connectivity index (χ4n) is 4.00. The molecule has 0 radical (unpaired) electrons. The van der Waals surface area contributed by atoms with Gasteiger partial charge in [0.05, 0.1) is 25.8 Å². The molecular formula is C30H39NO3. The van der Waals surface area contributed by atoms with Crippen LogP contribution in [0.1, 0.15) is 76.5 Å². The van der Waals surface area contributed by atoms with Crippen molar-refractivity contribution in [3.8, 4) is 17.2 Å². The lowest BCUT2D eigenvalue weighted by Gasteiger charge is -2.11. The van der Waals surface area contributed by atoms with Gasteiger partial charge in [0.2, 0.25) is 0 Å². The summed E-state index contributed by atoms with van der Waals surface area (Å²) in [7, 11) is 1.68. The summed E-state index contributed by atoms with van der Waals surface area (Å²) in [6.07, 6.45) is 14.3. The molecule has 4 nitrogen and oxygen atoms in total. The monoisotopic (exact) mass is 461 g/mol. The van der Waals surface area contributed by atoms with E-state index in [9.17, 15) is 0 Å². The van der Waals surface area contributed by atoms with E-state index in [1.165, 1.54) is 44.9 Å². The van der Waals surface area contributed by atoms with Crippen LogP contribution in [0.4, 0.5) is 0 Å². The van der Waals surface area contributed by atoms with Crippen molar-refractivity contribution in [2.45, 2.75) is 65.2 Å². The molecular weight excluding hydrogens is 422 g/mol. The summed E-state index contributed by atoms with van der Waals surface area (Å²) in [5.41, 5.74) is 2.79. The van der Waals surface area contributed by atoms with Crippen molar-refractivity contribution in [3.05, 3.63) is 59.8 Å². The molecule has 0 bridgehead atoms. The normalized spacial score (nSPS) is 11.3. The molecule has 3 aromatic rings. The third-order valence-corrected chi connectivity index (χ3v) is 5.89. The number of nitrogens with zero attached hydrogens (tertiary/aromatic N) is 1. The molecule has 0 N–H and O–H groups in total. The Hall–Kier alpha value is -3.01. The average molecular weight is 462 g/mol. The van der Waals surface area contributed by atoms with Crippen LogP contribution in [0.25, 0.3) is 23.1 Å². The number of benzene rings is 2. The van der Waals surface area contributed by atoms with Crippen LogP contribution in [0.2, 0.25) is 0 Å². The Labute approximate surface area is 205 Å². The van der Waals surface area contributed by atoms with Crippen LogP contribution < -0.4 is 14.2 Å². The minimum Gasteiger partial charge on any atom is -0.493 e. The SMILES string of the molecule is CCCCCCCCCCOc1ccc(/C=C/c2nc3ccccc3cc2OCC)cc1OC. The van der Waals surface area contributed by atoms with E-state index >= 15 is 0 Å². The van der Waals surface area contributed by atoms with Gasteiger partial charge in [0, 0.05) is 5.39 Å². The first kappa shape index (κ1) is 25.6. The van der Waals surface area contributed by atoms with E-state index in [1.807, 2.05) is 61.5 Å². The summed E-state index contributed by atoms with van der Waals surface area (Å²) in [5, 5.41) is 1.07. The first-order valence-electron chi connectivity index (χ1n) is 12.8. The number of fused-ring (bicyclic) bond motifs is 1. The number of aromatic nitrogens is 1. The third kappa shape index (κ3) is 7.79. The van der Waals surface area contributed by atoms with Crippen molar-refractivity contribution in [2.24, 2.45) is 0 Å². The first-order valence-corrected chi connectivity index (χ1v) is 12.8. The smallest absolute Gasteiger partial charge is 0.161 e. The van der Waals surface area contributed by atoms with Crippen LogP contribution in [0.5, 0.6) is 17.2 Å². The van der Waals surface area contributed by atoms with Crippen LogP contribution in [-0.4, -0.2) is 25.3 Å². The van der Waals surface area contributed by atoms with Crippen molar-refractivity contribution in [1.29, 1.82) is 0 Å². The Kier molecular flexibility index (Phi) is 10.8. The topological polar surface area (TPSA) is 40.6 Å². The molecule has 3 rings (SSSR count). The van der Waals surface area contributed by atoms with E-state index in [4.69, 9.17) is 19.2 Å². The highest BCUT2D eigenvalue weighted by molar-refractivity contribution is 5.83. The summed E-state index contributed by atoms with van der Waals surface area (Å²) < 4.78 is 17.4. The van der Waals surface area contributed by atoms with Crippen molar-refractivity contribution in [2.75, 3.05) is 20.3 Å². The lowest BCUT2D eigenvalue weighted by Crippen LogP contribution is -1.99. The molecule has 0 aliphatic carbocycles. The van der Waals surface area contributed by atoms with Crippen LogP contribution >= 0.6 is 0 Å². The lowest BCUT2D eigenvalue weighted by molar-refractivity contribution is 0.284. The number of hydrogen-bond donors (Lipinski definition) is 0. The molecule has 4 heteroatoms. The summed E-state index contributed by atoms with van der Waals surface area (Å²) >= 11 is 0. The average Bonchev–Trinajstić information content (AvgIpc) is 2.87. The highest BCUT2D eigenvalue weighted by Gasteiger charge is 2.07. The Morgan fingerprint density at radius 2 is 1.50 bits per heavy atom. The third-order valence-electron chi connectivity index (χ3n) is 5.89. The maximum Gasteiger partial charge on any atom is 0.161 e. The van der Waals surface area contributed by atoms with Crippen LogP contribution in [0.3, 0.4) is 0 Å². The molecule has 0 saturated carbocycles. The van der Waals surface area contributed by atoms with Gasteiger partial charge in [-0.25, -0.2) is 4.98 Å². The summed E-state index contributed by atoms with van der Waals surface area (Å²) in [6, 6.07) is 16.2. The van der Waals surface area contributed by atoms with Crippen molar-refractivity contribution < 1.29 is 14.2 Å². The van der Waals surface area contributed by atoms with E-state index in [0.717, 1.165) is 52.4 Å². The number of rotatable bonds is 15. The predicted molar refractivity (Wildman–Crippen MR) is 143 cm³/mol. The van der Waals surface area contributed by atoms with Gasteiger partial charge in [-0.1, -0.05) is 82.2 Å².